The highest BCUT2D eigenvalue weighted by molar-refractivity contribution is 6.15. The lowest BCUT2D eigenvalue weighted by Crippen LogP contribution is -2.41. The number of aliphatic hydroxyl groups excluding tert-OH is 1. The van der Waals surface area contributed by atoms with Gasteiger partial charge in [-0.05, 0) is 91.1 Å². The number of carbonyl (C=O) groups excluding carboxylic acids is 4. The van der Waals surface area contributed by atoms with Crippen molar-refractivity contribution in [2.24, 2.45) is 0 Å². The van der Waals surface area contributed by atoms with Crippen LogP contribution in [0.2, 0.25) is 0 Å². The van der Waals surface area contributed by atoms with E-state index in [4.69, 9.17) is 13.9 Å². The molecule has 3 amide bonds. The van der Waals surface area contributed by atoms with E-state index in [0.717, 1.165) is 0 Å². The number of alkyl carbamates (subject to hydrolysis) is 1. The number of ether oxygens (including phenoxy) is 2. The van der Waals surface area contributed by atoms with Gasteiger partial charge < -0.3 is 34.1 Å². The van der Waals surface area contributed by atoms with Crippen molar-refractivity contribution >= 4 is 23.9 Å². The first-order valence-electron chi connectivity index (χ1n) is 14.5. The zero-order chi connectivity index (χ0) is 32.8. The predicted molar refractivity (Wildman–Crippen MR) is 160 cm³/mol. The fourth-order valence-corrected chi connectivity index (χ4v) is 4.62. The number of nitrogens with one attached hydrogen (secondary N) is 1. The Labute approximate surface area is 257 Å². The summed E-state index contributed by atoms with van der Waals surface area (Å²) in [6.45, 7) is 12.9. The summed E-state index contributed by atoms with van der Waals surface area (Å²) in [5, 5.41) is 13.5. The van der Waals surface area contributed by atoms with Crippen molar-refractivity contribution in [2.75, 3.05) is 26.2 Å². The van der Waals surface area contributed by atoms with Gasteiger partial charge in [-0.2, -0.15) is 0 Å². The van der Waals surface area contributed by atoms with Crippen LogP contribution >= 0.6 is 0 Å². The highest BCUT2D eigenvalue weighted by atomic mass is 19.1. The lowest BCUT2D eigenvalue weighted by molar-refractivity contribution is -0.129. The topological polar surface area (TPSA) is 139 Å². The average molecular weight is 616 g/mol. The number of hydrogen-bond donors (Lipinski definition) is 2. The van der Waals surface area contributed by atoms with Crippen molar-refractivity contribution in [1.82, 2.24) is 15.1 Å². The molecule has 11 nitrogen and oxygen atoms in total. The Hall–Kier alpha value is -4.35. The minimum atomic E-state index is -1.01. The maximum atomic E-state index is 13.8. The van der Waals surface area contributed by atoms with Gasteiger partial charge in [-0.1, -0.05) is 12.1 Å². The molecule has 3 rings (SSSR count). The summed E-state index contributed by atoms with van der Waals surface area (Å²) in [5.74, 6) is -2.19. The van der Waals surface area contributed by atoms with Crippen LogP contribution in [0.5, 0.6) is 0 Å². The van der Waals surface area contributed by atoms with Gasteiger partial charge in [0.2, 0.25) is 5.78 Å². The van der Waals surface area contributed by atoms with E-state index in [2.05, 4.69) is 5.32 Å². The second kappa shape index (κ2) is 14.0. The molecular formula is C32H42FN3O8. The number of carbonyl (C=O) groups is 4. The number of hydrogen-bond acceptors (Lipinski definition) is 8. The zero-order valence-corrected chi connectivity index (χ0v) is 26.4. The maximum absolute atomic E-state index is 13.8. The number of ketones is 1. The minimum absolute atomic E-state index is 0.0399. The summed E-state index contributed by atoms with van der Waals surface area (Å²) in [5.41, 5.74) is -1.14. The van der Waals surface area contributed by atoms with Crippen LogP contribution in [0.1, 0.15) is 82.3 Å². The van der Waals surface area contributed by atoms with Gasteiger partial charge in [0, 0.05) is 26.2 Å². The molecule has 1 atom stereocenters. The van der Waals surface area contributed by atoms with Gasteiger partial charge in [-0.15, -0.1) is 0 Å². The molecule has 44 heavy (non-hydrogen) atoms. The number of aliphatic hydroxyl groups is 1. The Balaban J connectivity index is 1.75. The lowest BCUT2D eigenvalue weighted by atomic mass is 9.95. The molecule has 1 aromatic heterocycles. The summed E-state index contributed by atoms with van der Waals surface area (Å²) >= 11 is 0. The lowest BCUT2D eigenvalue weighted by Gasteiger charge is -2.30. The van der Waals surface area contributed by atoms with Crippen molar-refractivity contribution in [3.05, 3.63) is 70.6 Å². The van der Waals surface area contributed by atoms with Crippen LogP contribution in [-0.4, -0.2) is 76.2 Å². The van der Waals surface area contributed by atoms with Crippen molar-refractivity contribution in [2.45, 2.75) is 78.6 Å². The van der Waals surface area contributed by atoms with Crippen LogP contribution in [0.25, 0.3) is 0 Å². The van der Waals surface area contributed by atoms with Gasteiger partial charge in [0.25, 0.3) is 5.91 Å². The summed E-state index contributed by atoms with van der Waals surface area (Å²) in [4.78, 5) is 54.5. The number of nitrogens with zero attached hydrogens (tertiary/aromatic N) is 2. The largest absolute Gasteiger partial charge is 0.503 e. The first-order chi connectivity index (χ1) is 20.5. The molecule has 0 saturated heterocycles. The van der Waals surface area contributed by atoms with Gasteiger partial charge >= 0.3 is 12.2 Å². The van der Waals surface area contributed by atoms with E-state index >= 15 is 0 Å². The van der Waals surface area contributed by atoms with E-state index in [1.807, 2.05) is 0 Å². The smallest absolute Gasteiger partial charge is 0.410 e. The number of rotatable bonds is 11. The molecule has 0 fully saturated rings. The molecule has 2 aromatic rings. The molecule has 12 heteroatoms. The molecule has 240 valence electrons. The molecule has 0 saturated carbocycles. The molecule has 1 unspecified atom stereocenters. The normalized spacial score (nSPS) is 15.4. The Morgan fingerprint density at radius 2 is 1.59 bits per heavy atom. The maximum Gasteiger partial charge on any atom is 0.410 e. The van der Waals surface area contributed by atoms with Crippen LogP contribution in [-0.2, 0) is 14.3 Å². The molecule has 1 aliphatic rings. The Kier molecular flexibility index (Phi) is 10.8. The second-order valence-electron chi connectivity index (χ2n) is 12.6. The third kappa shape index (κ3) is 9.32. The van der Waals surface area contributed by atoms with Crippen LogP contribution < -0.4 is 5.32 Å². The van der Waals surface area contributed by atoms with Crippen molar-refractivity contribution in [1.29, 1.82) is 0 Å². The molecule has 0 radical (unpaired) electrons. The number of halogens is 1. The Bertz CT molecular complexity index is 1390. The minimum Gasteiger partial charge on any atom is -0.503 e. The summed E-state index contributed by atoms with van der Waals surface area (Å²) in [7, 11) is 0. The monoisotopic (exact) mass is 615 g/mol. The van der Waals surface area contributed by atoms with Crippen molar-refractivity contribution in [3.63, 3.8) is 0 Å². The van der Waals surface area contributed by atoms with E-state index in [-0.39, 0.29) is 43.9 Å². The highest BCUT2D eigenvalue weighted by Crippen LogP contribution is 2.39. The van der Waals surface area contributed by atoms with Crippen molar-refractivity contribution < 1.29 is 42.6 Å². The van der Waals surface area contributed by atoms with Gasteiger partial charge in [0.1, 0.15) is 22.8 Å². The zero-order valence-electron chi connectivity index (χ0n) is 26.4. The van der Waals surface area contributed by atoms with E-state index in [0.29, 0.717) is 17.7 Å². The van der Waals surface area contributed by atoms with E-state index in [9.17, 15) is 28.7 Å². The molecule has 0 bridgehead atoms. The molecule has 1 aromatic carbocycles. The van der Waals surface area contributed by atoms with E-state index in [1.165, 1.54) is 40.1 Å². The standard InChI is InChI=1S/C32H42FN3O8/c1-20-10-15-23(42-20)26(37)24-25(21-11-13-22(33)14-12-21)36(28(39)27(24)38)19-9-18-35(30(41)44-32(5,6)7)17-8-16-34-29(40)43-31(2,3)4/h10-15,25,38H,8-9,16-19H2,1-7H3,(H,34,40). The first kappa shape index (κ1) is 34.1. The van der Waals surface area contributed by atoms with Gasteiger partial charge in [-0.3, -0.25) is 9.59 Å². The number of Topliss-reactive ketones (excluding diaryl/α,β-unsaturated/α-hetero) is 1. The fraction of sp³-hybridized carbons (Fsp3) is 0.500. The average Bonchev–Trinajstić information content (AvgIpc) is 3.44. The van der Waals surface area contributed by atoms with E-state index < -0.39 is 52.7 Å². The number of amides is 3. The SMILES string of the molecule is Cc1ccc(C(=O)C2=C(O)C(=O)N(CCCN(CCCNC(=O)OC(C)(C)C)C(=O)OC(C)(C)C)C2c2ccc(F)cc2)o1. The first-order valence-corrected chi connectivity index (χ1v) is 14.5. The van der Waals surface area contributed by atoms with Gasteiger partial charge in [0.15, 0.2) is 11.5 Å². The predicted octanol–water partition coefficient (Wildman–Crippen LogP) is 5.85. The van der Waals surface area contributed by atoms with Crippen LogP contribution in [0.15, 0.2) is 52.1 Å². The molecule has 0 spiro atoms. The van der Waals surface area contributed by atoms with Crippen LogP contribution in [0, 0.1) is 12.7 Å². The molecule has 2 N–H and O–H groups in total. The highest BCUT2D eigenvalue weighted by Gasteiger charge is 2.44. The molecular weight excluding hydrogens is 573 g/mol. The van der Waals surface area contributed by atoms with Crippen LogP contribution in [0.3, 0.4) is 0 Å². The third-order valence-corrected chi connectivity index (χ3v) is 6.45. The molecule has 0 aliphatic carbocycles. The Morgan fingerprint density at radius 3 is 2.16 bits per heavy atom. The third-order valence-electron chi connectivity index (χ3n) is 6.45. The summed E-state index contributed by atoms with van der Waals surface area (Å²) < 4.78 is 30.0. The summed E-state index contributed by atoms with van der Waals surface area (Å²) in [6.07, 6.45) is -0.467. The summed E-state index contributed by atoms with van der Waals surface area (Å²) in [6, 6.07) is 7.37. The number of benzene rings is 1. The van der Waals surface area contributed by atoms with E-state index in [1.54, 1.807) is 54.5 Å². The fourth-order valence-electron chi connectivity index (χ4n) is 4.62. The molecule has 1 aliphatic heterocycles. The number of aryl methyl sites for hydroxylation is 1. The molecule has 2 heterocycles. The quantitative estimate of drug-likeness (QED) is 0.237. The van der Waals surface area contributed by atoms with Gasteiger partial charge in [-0.25, -0.2) is 14.0 Å². The second-order valence-corrected chi connectivity index (χ2v) is 12.6. The Morgan fingerprint density at radius 1 is 0.977 bits per heavy atom. The number of furan rings is 1. The van der Waals surface area contributed by atoms with Crippen LogP contribution in [0.4, 0.5) is 14.0 Å². The van der Waals surface area contributed by atoms with Crippen molar-refractivity contribution in [3.8, 4) is 0 Å². The van der Waals surface area contributed by atoms with Gasteiger partial charge in [0.05, 0.1) is 11.6 Å².